The molecule has 0 amide bonds. The lowest BCUT2D eigenvalue weighted by Gasteiger charge is -2.20. The van der Waals surface area contributed by atoms with Crippen molar-refractivity contribution in [1.82, 2.24) is 0 Å². The van der Waals surface area contributed by atoms with Crippen molar-refractivity contribution >= 4 is 14.3 Å². The van der Waals surface area contributed by atoms with Crippen molar-refractivity contribution in [3.63, 3.8) is 0 Å². The van der Waals surface area contributed by atoms with E-state index in [9.17, 15) is 4.79 Å². The Hall–Kier alpha value is -0.773. The summed E-state index contributed by atoms with van der Waals surface area (Å²) in [5, 5.41) is 0. The molecule has 4 heteroatoms. The van der Waals surface area contributed by atoms with Crippen LogP contribution in [-0.4, -0.2) is 21.4 Å². The summed E-state index contributed by atoms with van der Waals surface area (Å²) >= 11 is 0. The summed E-state index contributed by atoms with van der Waals surface area (Å²) in [6.07, 6.45) is 3.65. The van der Waals surface area contributed by atoms with E-state index < -0.39 is 8.32 Å². The van der Waals surface area contributed by atoms with Crippen molar-refractivity contribution in [2.45, 2.75) is 39.4 Å². The Morgan fingerprint density at radius 3 is 2.29 bits per heavy atom. The van der Waals surface area contributed by atoms with Crippen molar-refractivity contribution in [2.24, 2.45) is 0 Å². The van der Waals surface area contributed by atoms with Crippen LogP contribution in [0.25, 0.3) is 0 Å². The zero-order valence-corrected chi connectivity index (χ0v) is 10.7. The summed E-state index contributed by atoms with van der Waals surface area (Å²) in [5.74, 6) is -0.00519. The average Bonchev–Trinajstić information content (AvgIpc) is 2.09. The molecule has 0 aromatic rings. The number of methoxy groups -OCH3 is 1. The fourth-order valence-corrected chi connectivity index (χ4v) is 1.70. The molecule has 0 bridgehead atoms. The molecule has 82 valence electrons. The van der Waals surface area contributed by atoms with Gasteiger partial charge in [-0.05, 0) is 32.1 Å². The smallest absolute Gasteiger partial charge is 0.371 e. The number of hydrogen-bond acceptors (Lipinski definition) is 3. The van der Waals surface area contributed by atoms with Gasteiger partial charge in [0, 0.05) is 0 Å². The van der Waals surface area contributed by atoms with Gasteiger partial charge in [-0.2, -0.15) is 0 Å². The fourth-order valence-electron chi connectivity index (χ4n) is 0.873. The minimum absolute atomic E-state index is 0.369. The molecule has 0 rings (SSSR count). The van der Waals surface area contributed by atoms with E-state index in [0.29, 0.717) is 5.76 Å². The molecule has 0 saturated carbocycles. The highest BCUT2D eigenvalue weighted by atomic mass is 28.4. The Bertz CT molecular complexity index is 216. The first-order valence-electron chi connectivity index (χ1n) is 4.88. The monoisotopic (exact) mass is 216 g/mol. The maximum absolute atomic E-state index is 11.3. The van der Waals surface area contributed by atoms with E-state index in [4.69, 9.17) is 4.43 Å². The highest BCUT2D eigenvalue weighted by Crippen LogP contribution is 2.12. The third kappa shape index (κ3) is 5.80. The molecule has 0 aromatic carbocycles. The van der Waals surface area contributed by atoms with Crippen molar-refractivity contribution < 1.29 is 14.0 Å². The van der Waals surface area contributed by atoms with E-state index in [2.05, 4.69) is 11.7 Å². The van der Waals surface area contributed by atoms with Crippen LogP contribution in [0.3, 0.4) is 0 Å². The zero-order chi connectivity index (χ0) is 11.2. The van der Waals surface area contributed by atoms with Crippen molar-refractivity contribution in [3.05, 3.63) is 11.8 Å². The number of carbonyl (C=O) groups excluding carboxylic acids is 1. The van der Waals surface area contributed by atoms with Crippen LogP contribution in [0, 0.1) is 0 Å². The van der Waals surface area contributed by atoms with Gasteiger partial charge in [-0.3, -0.25) is 0 Å². The van der Waals surface area contributed by atoms with Gasteiger partial charge in [0.05, 0.1) is 7.11 Å². The third-order valence-corrected chi connectivity index (χ3v) is 2.25. The summed E-state index contributed by atoms with van der Waals surface area (Å²) in [7, 11) is -0.348. The topological polar surface area (TPSA) is 35.5 Å². The summed E-state index contributed by atoms with van der Waals surface area (Å²) < 4.78 is 10.3. The number of hydrogen-bond donors (Lipinski definition) is 0. The van der Waals surface area contributed by atoms with Crippen LogP contribution in [0.1, 0.15) is 19.8 Å². The van der Waals surface area contributed by atoms with E-state index in [1.54, 1.807) is 0 Å². The van der Waals surface area contributed by atoms with E-state index in [1.165, 1.54) is 7.11 Å². The molecule has 0 unspecified atom stereocenters. The summed E-state index contributed by atoms with van der Waals surface area (Å²) in [6.45, 7) is 8.17. The molecule has 0 aliphatic rings. The first kappa shape index (κ1) is 13.2. The van der Waals surface area contributed by atoms with Crippen LogP contribution in [0.15, 0.2) is 11.8 Å². The standard InChI is InChI=1S/C10H20O3Si/c1-6-7-8-9(10(11)12-2)13-14(3,4)5/h8H,6-7H2,1-5H3/b9-8-. The molecule has 0 saturated heterocycles. The van der Waals surface area contributed by atoms with E-state index in [-0.39, 0.29) is 5.97 Å². The van der Waals surface area contributed by atoms with Gasteiger partial charge in [0.1, 0.15) is 0 Å². The molecule has 0 aliphatic carbocycles. The molecule has 0 heterocycles. The van der Waals surface area contributed by atoms with Crippen LogP contribution >= 0.6 is 0 Å². The number of esters is 1. The summed E-state index contributed by atoms with van der Waals surface area (Å²) in [4.78, 5) is 11.3. The number of carbonyl (C=O) groups is 1. The Kier molecular flexibility index (Phi) is 5.53. The molecule has 0 N–H and O–H groups in total. The zero-order valence-electron chi connectivity index (χ0n) is 9.72. The first-order chi connectivity index (χ1) is 6.40. The molecule has 0 spiro atoms. The maximum Gasteiger partial charge on any atom is 0.371 e. The second-order valence-electron chi connectivity index (χ2n) is 4.06. The minimum Gasteiger partial charge on any atom is -0.540 e. The van der Waals surface area contributed by atoms with Crippen LogP contribution < -0.4 is 0 Å². The number of ether oxygens (including phenoxy) is 1. The van der Waals surface area contributed by atoms with Crippen LogP contribution in [-0.2, 0) is 14.0 Å². The summed E-state index contributed by atoms with van der Waals surface area (Å²) in [6, 6.07) is 0. The van der Waals surface area contributed by atoms with Gasteiger partial charge in [0.15, 0.2) is 5.76 Å². The molecule has 0 radical (unpaired) electrons. The van der Waals surface area contributed by atoms with Crippen molar-refractivity contribution in [3.8, 4) is 0 Å². The van der Waals surface area contributed by atoms with Gasteiger partial charge >= 0.3 is 5.97 Å². The molecular weight excluding hydrogens is 196 g/mol. The lowest BCUT2D eigenvalue weighted by molar-refractivity contribution is -0.138. The quantitative estimate of drug-likeness (QED) is 0.307. The van der Waals surface area contributed by atoms with Gasteiger partial charge in [0.2, 0.25) is 8.32 Å². The molecule has 0 atom stereocenters. The van der Waals surface area contributed by atoms with E-state index in [0.717, 1.165) is 12.8 Å². The average molecular weight is 216 g/mol. The minimum atomic E-state index is -1.72. The largest absolute Gasteiger partial charge is 0.540 e. The Morgan fingerprint density at radius 1 is 1.36 bits per heavy atom. The first-order valence-corrected chi connectivity index (χ1v) is 8.29. The molecule has 0 aliphatic heterocycles. The van der Waals surface area contributed by atoms with Gasteiger partial charge in [-0.1, -0.05) is 13.3 Å². The third-order valence-electron chi connectivity index (χ3n) is 1.42. The van der Waals surface area contributed by atoms with E-state index in [1.807, 2.05) is 25.7 Å². The SMILES string of the molecule is CCC/C=C(\O[Si](C)(C)C)C(=O)OC. The van der Waals surface area contributed by atoms with Crippen LogP contribution in [0.5, 0.6) is 0 Å². The highest BCUT2D eigenvalue weighted by Gasteiger charge is 2.21. The molecule has 0 fully saturated rings. The Labute approximate surface area is 87.2 Å². The summed E-state index contributed by atoms with van der Waals surface area (Å²) in [5.41, 5.74) is 0. The predicted molar refractivity (Wildman–Crippen MR) is 59.4 cm³/mol. The van der Waals surface area contributed by atoms with Crippen LogP contribution in [0.2, 0.25) is 19.6 Å². The Balaban J connectivity index is 4.49. The van der Waals surface area contributed by atoms with Gasteiger partial charge in [0.25, 0.3) is 0 Å². The molecule has 3 nitrogen and oxygen atoms in total. The lowest BCUT2D eigenvalue weighted by atomic mass is 10.3. The lowest BCUT2D eigenvalue weighted by Crippen LogP contribution is -2.27. The number of allylic oxidation sites excluding steroid dienone is 1. The molecule has 14 heavy (non-hydrogen) atoms. The van der Waals surface area contributed by atoms with Gasteiger partial charge < -0.3 is 9.16 Å². The number of rotatable bonds is 5. The Morgan fingerprint density at radius 2 is 1.93 bits per heavy atom. The highest BCUT2D eigenvalue weighted by molar-refractivity contribution is 6.70. The van der Waals surface area contributed by atoms with Gasteiger partial charge in [-0.15, -0.1) is 0 Å². The number of unbranched alkanes of at least 4 members (excludes halogenated alkanes) is 1. The molecular formula is C10H20O3Si. The maximum atomic E-state index is 11.3. The normalized spacial score (nSPS) is 12.5. The van der Waals surface area contributed by atoms with Crippen molar-refractivity contribution in [1.29, 1.82) is 0 Å². The van der Waals surface area contributed by atoms with Crippen molar-refractivity contribution in [2.75, 3.05) is 7.11 Å². The second-order valence-corrected chi connectivity index (χ2v) is 8.49. The second kappa shape index (κ2) is 5.85. The van der Waals surface area contributed by atoms with Crippen LogP contribution in [0.4, 0.5) is 0 Å². The fraction of sp³-hybridized carbons (Fsp3) is 0.700. The molecule has 0 aromatic heterocycles. The van der Waals surface area contributed by atoms with Gasteiger partial charge in [-0.25, -0.2) is 4.79 Å². The predicted octanol–water partition coefficient (Wildman–Crippen LogP) is 2.69. The van der Waals surface area contributed by atoms with E-state index >= 15 is 0 Å².